The molecular formula is C25H27N5O3S. The zero-order valence-corrected chi connectivity index (χ0v) is 19.8. The second-order valence-corrected chi connectivity index (χ2v) is 10.3. The Labute approximate surface area is 198 Å². The van der Waals surface area contributed by atoms with E-state index in [9.17, 15) is 13.2 Å². The molecule has 0 bridgehead atoms. The SMILES string of the molecule is CCN(c1ccccc1)S(=O)(=O)c1ccc(N2CCC(n3c(=O)[nH]c4ccccc43)CC2)nc1. The number of para-hydroxylation sites is 3. The Morgan fingerprint density at radius 3 is 2.38 bits per heavy atom. The molecule has 1 aliphatic heterocycles. The quantitative estimate of drug-likeness (QED) is 0.456. The standard InChI is InChI=1S/C25H27N5O3S/c1-2-29(19-8-4-3-5-9-19)34(32,33)21-12-13-24(26-18-21)28-16-14-20(15-17-28)30-23-11-7-6-10-22(23)27-25(30)31/h3-13,18,20H,2,14-17H2,1H3,(H,27,31). The first-order chi connectivity index (χ1) is 16.5. The number of piperidine rings is 1. The Balaban J connectivity index is 1.31. The van der Waals surface area contributed by atoms with Crippen molar-refractivity contribution in [3.63, 3.8) is 0 Å². The van der Waals surface area contributed by atoms with Gasteiger partial charge >= 0.3 is 5.69 Å². The summed E-state index contributed by atoms with van der Waals surface area (Å²) in [7, 11) is -3.70. The van der Waals surface area contributed by atoms with Crippen LogP contribution in [0.5, 0.6) is 0 Å². The van der Waals surface area contributed by atoms with E-state index in [0.29, 0.717) is 12.2 Å². The van der Waals surface area contributed by atoms with Gasteiger partial charge in [-0.05, 0) is 56.2 Å². The van der Waals surface area contributed by atoms with Crippen LogP contribution < -0.4 is 14.9 Å². The molecular weight excluding hydrogens is 450 g/mol. The number of hydrogen-bond donors (Lipinski definition) is 1. The van der Waals surface area contributed by atoms with Gasteiger partial charge in [-0.3, -0.25) is 8.87 Å². The lowest BCUT2D eigenvalue weighted by molar-refractivity contribution is 0.395. The average molecular weight is 478 g/mol. The van der Waals surface area contributed by atoms with Crippen LogP contribution in [-0.2, 0) is 10.0 Å². The largest absolute Gasteiger partial charge is 0.356 e. The van der Waals surface area contributed by atoms with Crippen molar-refractivity contribution in [3.8, 4) is 0 Å². The summed E-state index contributed by atoms with van der Waals surface area (Å²) >= 11 is 0. The molecule has 0 spiro atoms. The molecule has 0 unspecified atom stereocenters. The average Bonchev–Trinajstić information content (AvgIpc) is 3.21. The molecule has 0 saturated carbocycles. The summed E-state index contributed by atoms with van der Waals surface area (Å²) in [5, 5.41) is 0. The lowest BCUT2D eigenvalue weighted by Gasteiger charge is -2.33. The molecule has 34 heavy (non-hydrogen) atoms. The van der Waals surface area contributed by atoms with E-state index in [1.807, 2.05) is 54.0 Å². The number of nitrogens with zero attached hydrogens (tertiary/aromatic N) is 4. The van der Waals surface area contributed by atoms with Crippen molar-refractivity contribution in [3.05, 3.63) is 83.4 Å². The molecule has 176 valence electrons. The highest BCUT2D eigenvalue weighted by Crippen LogP contribution is 2.28. The van der Waals surface area contributed by atoms with Crippen LogP contribution in [0.1, 0.15) is 25.8 Å². The molecule has 0 radical (unpaired) electrons. The minimum absolute atomic E-state index is 0.0776. The number of imidazole rings is 1. The number of hydrogen-bond acceptors (Lipinski definition) is 5. The molecule has 8 nitrogen and oxygen atoms in total. The van der Waals surface area contributed by atoms with Crippen molar-refractivity contribution in [2.45, 2.75) is 30.7 Å². The molecule has 1 fully saturated rings. The lowest BCUT2D eigenvalue weighted by atomic mass is 10.0. The van der Waals surface area contributed by atoms with Crippen LogP contribution in [0.15, 0.2) is 82.6 Å². The van der Waals surface area contributed by atoms with E-state index in [1.165, 1.54) is 10.5 Å². The number of rotatable bonds is 6. The van der Waals surface area contributed by atoms with Crippen LogP contribution >= 0.6 is 0 Å². The summed E-state index contributed by atoms with van der Waals surface area (Å²) in [4.78, 5) is 22.2. The second-order valence-electron chi connectivity index (χ2n) is 8.39. The van der Waals surface area contributed by atoms with Crippen molar-refractivity contribution < 1.29 is 8.42 Å². The highest BCUT2D eigenvalue weighted by atomic mass is 32.2. The van der Waals surface area contributed by atoms with Crippen molar-refractivity contribution >= 4 is 32.6 Å². The summed E-state index contributed by atoms with van der Waals surface area (Å²) < 4.78 is 29.6. The molecule has 2 aromatic carbocycles. The van der Waals surface area contributed by atoms with Crippen LogP contribution in [0.25, 0.3) is 11.0 Å². The smallest absolute Gasteiger partial charge is 0.326 e. The second kappa shape index (κ2) is 8.98. The van der Waals surface area contributed by atoms with Crippen molar-refractivity contribution in [2.24, 2.45) is 0 Å². The molecule has 1 aliphatic rings. The number of H-pyrrole nitrogens is 1. The molecule has 0 atom stereocenters. The number of aromatic nitrogens is 3. The van der Waals surface area contributed by atoms with Gasteiger partial charge in [-0.2, -0.15) is 0 Å². The summed E-state index contributed by atoms with van der Waals surface area (Å²) in [6, 6.07) is 20.3. The van der Waals surface area contributed by atoms with Gasteiger partial charge in [0.25, 0.3) is 10.0 Å². The fraction of sp³-hybridized carbons (Fsp3) is 0.280. The number of anilines is 2. The normalized spacial score (nSPS) is 15.0. The molecule has 0 amide bonds. The Hall–Kier alpha value is -3.59. The van der Waals surface area contributed by atoms with Gasteiger partial charge in [0.2, 0.25) is 0 Å². The monoisotopic (exact) mass is 477 g/mol. The van der Waals surface area contributed by atoms with E-state index in [4.69, 9.17) is 0 Å². The Morgan fingerprint density at radius 2 is 1.71 bits per heavy atom. The number of benzene rings is 2. The topological polar surface area (TPSA) is 91.3 Å². The number of nitrogens with one attached hydrogen (secondary N) is 1. The predicted octanol–water partition coefficient (Wildman–Crippen LogP) is 3.78. The van der Waals surface area contributed by atoms with Crippen molar-refractivity contribution in [2.75, 3.05) is 28.8 Å². The lowest BCUT2D eigenvalue weighted by Crippen LogP contribution is -2.37. The van der Waals surface area contributed by atoms with E-state index >= 15 is 0 Å². The maximum atomic E-state index is 13.2. The summed E-state index contributed by atoms with van der Waals surface area (Å²) in [5.74, 6) is 0.742. The van der Waals surface area contributed by atoms with E-state index in [2.05, 4.69) is 14.9 Å². The maximum absolute atomic E-state index is 13.2. The number of sulfonamides is 1. The van der Waals surface area contributed by atoms with Gasteiger partial charge < -0.3 is 9.88 Å². The maximum Gasteiger partial charge on any atom is 0.326 e. The minimum atomic E-state index is -3.70. The van der Waals surface area contributed by atoms with Gasteiger partial charge in [0.1, 0.15) is 10.7 Å². The molecule has 9 heteroatoms. The highest BCUT2D eigenvalue weighted by molar-refractivity contribution is 7.92. The van der Waals surface area contributed by atoms with E-state index in [1.54, 1.807) is 24.3 Å². The molecule has 2 aromatic heterocycles. The van der Waals surface area contributed by atoms with Gasteiger partial charge in [0.15, 0.2) is 0 Å². The van der Waals surface area contributed by atoms with Crippen LogP contribution in [0.2, 0.25) is 0 Å². The number of pyridine rings is 1. The van der Waals surface area contributed by atoms with Crippen molar-refractivity contribution in [1.82, 2.24) is 14.5 Å². The van der Waals surface area contributed by atoms with Crippen LogP contribution in [0.3, 0.4) is 0 Å². The predicted molar refractivity (Wildman–Crippen MR) is 134 cm³/mol. The molecule has 4 aromatic rings. The van der Waals surface area contributed by atoms with Crippen LogP contribution in [0, 0.1) is 0 Å². The first-order valence-electron chi connectivity index (χ1n) is 11.5. The van der Waals surface area contributed by atoms with Crippen LogP contribution in [-0.4, -0.2) is 42.6 Å². The van der Waals surface area contributed by atoms with Crippen molar-refractivity contribution in [1.29, 1.82) is 0 Å². The van der Waals surface area contributed by atoms with E-state index < -0.39 is 10.0 Å². The van der Waals surface area contributed by atoms with Gasteiger partial charge in [0, 0.05) is 31.9 Å². The fourth-order valence-corrected chi connectivity index (χ4v) is 6.13. The highest BCUT2D eigenvalue weighted by Gasteiger charge is 2.26. The fourth-order valence-electron chi connectivity index (χ4n) is 4.71. The molecule has 5 rings (SSSR count). The molecule has 1 N–H and O–H groups in total. The molecule has 1 saturated heterocycles. The zero-order valence-electron chi connectivity index (χ0n) is 19.0. The molecule has 3 heterocycles. The van der Waals surface area contributed by atoms with Gasteiger partial charge in [-0.1, -0.05) is 30.3 Å². The zero-order chi connectivity index (χ0) is 23.7. The van der Waals surface area contributed by atoms with Gasteiger partial charge in [0.05, 0.1) is 16.7 Å². The van der Waals surface area contributed by atoms with E-state index in [-0.39, 0.29) is 16.6 Å². The Kier molecular flexibility index (Phi) is 5.87. The van der Waals surface area contributed by atoms with Gasteiger partial charge in [-0.25, -0.2) is 18.2 Å². The minimum Gasteiger partial charge on any atom is -0.356 e. The van der Waals surface area contributed by atoms with Gasteiger partial charge in [-0.15, -0.1) is 0 Å². The first kappa shape index (κ1) is 22.2. The van der Waals surface area contributed by atoms with Crippen LogP contribution in [0.4, 0.5) is 11.5 Å². The number of fused-ring (bicyclic) bond motifs is 1. The third kappa shape index (κ3) is 3.96. The first-order valence-corrected chi connectivity index (χ1v) is 12.9. The molecule has 0 aliphatic carbocycles. The number of aromatic amines is 1. The Morgan fingerprint density at radius 1 is 1.00 bits per heavy atom. The third-order valence-electron chi connectivity index (χ3n) is 6.42. The Bertz CT molecular complexity index is 1440. The summed E-state index contributed by atoms with van der Waals surface area (Å²) in [6.07, 6.45) is 3.05. The van der Waals surface area contributed by atoms with E-state index in [0.717, 1.165) is 42.8 Å². The summed E-state index contributed by atoms with van der Waals surface area (Å²) in [5.41, 5.74) is 2.33. The summed E-state index contributed by atoms with van der Waals surface area (Å²) in [6.45, 7) is 3.62. The third-order valence-corrected chi connectivity index (χ3v) is 8.30.